The van der Waals surface area contributed by atoms with Crippen molar-refractivity contribution < 1.29 is 4.79 Å². The van der Waals surface area contributed by atoms with Crippen LogP contribution in [-0.2, 0) is 4.79 Å². The molecule has 5 fully saturated rings. The minimum absolute atomic E-state index is 0. The average molecular weight is 474 g/mol. The number of likely N-dealkylation sites (tertiary alicyclic amines) is 1. The van der Waals surface area contributed by atoms with Crippen molar-refractivity contribution in [1.82, 2.24) is 15.5 Å². The van der Waals surface area contributed by atoms with E-state index in [1.165, 1.54) is 38.5 Å². The van der Waals surface area contributed by atoms with Crippen LogP contribution in [0.1, 0.15) is 58.3 Å². The quantitative estimate of drug-likeness (QED) is 0.376. The summed E-state index contributed by atoms with van der Waals surface area (Å²) in [5.74, 6) is 4.15. The molecule has 4 aliphatic carbocycles. The fourth-order valence-corrected chi connectivity index (χ4v) is 6.50. The predicted octanol–water partition coefficient (Wildman–Crippen LogP) is 3.00. The second kappa shape index (κ2) is 8.23. The zero-order chi connectivity index (χ0) is 17.4. The Hall–Kier alpha value is -0.530. The maximum Gasteiger partial charge on any atom is 0.219 e. The van der Waals surface area contributed by atoms with Crippen LogP contribution in [0.3, 0.4) is 0 Å². The number of carbonyl (C=O) groups excluding carboxylic acids is 1. The first kappa shape index (κ1) is 20.2. The Morgan fingerprint density at radius 3 is 2.08 bits per heavy atom. The number of hydrogen-bond acceptors (Lipinski definition) is 2. The molecule has 26 heavy (non-hydrogen) atoms. The molecule has 0 spiro atoms. The van der Waals surface area contributed by atoms with Crippen molar-refractivity contribution in [3.05, 3.63) is 0 Å². The molecule has 1 aliphatic heterocycles. The first-order valence-electron chi connectivity index (χ1n) is 10.3. The van der Waals surface area contributed by atoms with Gasteiger partial charge in [0.25, 0.3) is 0 Å². The molecule has 1 amide bonds. The second-order valence-corrected chi connectivity index (χ2v) is 9.27. The number of hydrogen-bond donors (Lipinski definition) is 2. The predicted molar refractivity (Wildman–Crippen MR) is 116 cm³/mol. The van der Waals surface area contributed by atoms with E-state index in [9.17, 15) is 4.79 Å². The zero-order valence-corrected chi connectivity index (χ0v) is 18.6. The molecule has 0 radical (unpaired) electrons. The molecule has 0 aromatic carbocycles. The molecule has 0 aromatic heterocycles. The van der Waals surface area contributed by atoms with Crippen molar-refractivity contribution in [3.63, 3.8) is 0 Å². The third-order valence-corrected chi connectivity index (χ3v) is 7.30. The maximum absolute atomic E-state index is 11.5. The lowest BCUT2D eigenvalue weighted by molar-refractivity contribution is -0.129. The summed E-state index contributed by atoms with van der Waals surface area (Å²) in [6.45, 7) is 4.47. The smallest absolute Gasteiger partial charge is 0.219 e. The van der Waals surface area contributed by atoms with E-state index < -0.39 is 0 Å². The normalized spacial score (nSPS) is 36.6. The second-order valence-electron chi connectivity index (χ2n) is 9.27. The third-order valence-electron chi connectivity index (χ3n) is 7.30. The summed E-state index contributed by atoms with van der Waals surface area (Å²) >= 11 is 0. The molecule has 0 aromatic rings. The summed E-state index contributed by atoms with van der Waals surface area (Å²) in [5, 5.41) is 7.26. The van der Waals surface area contributed by atoms with Crippen LogP contribution in [0.5, 0.6) is 0 Å². The van der Waals surface area contributed by atoms with Crippen LogP contribution < -0.4 is 10.6 Å². The minimum atomic E-state index is 0. The van der Waals surface area contributed by atoms with E-state index in [2.05, 4.69) is 15.6 Å². The van der Waals surface area contributed by atoms with Gasteiger partial charge in [0.15, 0.2) is 5.96 Å². The van der Waals surface area contributed by atoms with Gasteiger partial charge in [-0.15, -0.1) is 24.0 Å². The fourth-order valence-electron chi connectivity index (χ4n) is 6.50. The van der Waals surface area contributed by atoms with E-state index in [1.807, 2.05) is 11.9 Å². The van der Waals surface area contributed by atoms with Crippen LogP contribution in [0, 0.1) is 23.2 Å². The highest BCUT2D eigenvalue weighted by Gasteiger charge is 2.50. The average Bonchev–Trinajstić information content (AvgIpc) is 2.58. The third kappa shape index (κ3) is 4.30. The van der Waals surface area contributed by atoms with Gasteiger partial charge >= 0.3 is 0 Å². The highest BCUT2D eigenvalue weighted by atomic mass is 127. The Kier molecular flexibility index (Phi) is 6.40. The first-order chi connectivity index (χ1) is 12.0. The Morgan fingerprint density at radius 2 is 1.62 bits per heavy atom. The molecule has 0 atom stereocenters. The summed E-state index contributed by atoms with van der Waals surface area (Å²) in [6.07, 6.45) is 10.8. The van der Waals surface area contributed by atoms with Crippen molar-refractivity contribution in [2.45, 2.75) is 64.3 Å². The van der Waals surface area contributed by atoms with Crippen molar-refractivity contribution >= 4 is 35.8 Å². The molecule has 1 saturated heterocycles. The summed E-state index contributed by atoms with van der Waals surface area (Å²) in [6, 6.07) is 0.429. The van der Waals surface area contributed by atoms with Gasteiger partial charge < -0.3 is 15.5 Å². The fraction of sp³-hybridized carbons (Fsp3) is 0.900. The largest absolute Gasteiger partial charge is 0.356 e. The molecule has 5 aliphatic rings. The van der Waals surface area contributed by atoms with E-state index in [4.69, 9.17) is 0 Å². The van der Waals surface area contributed by atoms with E-state index in [1.54, 1.807) is 6.92 Å². The molecule has 4 bridgehead atoms. The molecule has 1 heterocycles. The molecular weight excluding hydrogens is 439 g/mol. The van der Waals surface area contributed by atoms with Crippen LogP contribution in [0.15, 0.2) is 4.99 Å². The van der Waals surface area contributed by atoms with E-state index in [-0.39, 0.29) is 29.9 Å². The molecule has 4 saturated carbocycles. The lowest BCUT2D eigenvalue weighted by Crippen LogP contribution is -2.54. The summed E-state index contributed by atoms with van der Waals surface area (Å²) in [4.78, 5) is 17.9. The number of amides is 1. The monoisotopic (exact) mass is 474 g/mol. The molecule has 5 nitrogen and oxygen atoms in total. The van der Waals surface area contributed by atoms with Gasteiger partial charge in [0, 0.05) is 39.6 Å². The summed E-state index contributed by atoms with van der Waals surface area (Å²) in [5.41, 5.74) is 0.532. The summed E-state index contributed by atoms with van der Waals surface area (Å²) < 4.78 is 0. The number of carbonyl (C=O) groups is 1. The summed E-state index contributed by atoms with van der Waals surface area (Å²) in [7, 11) is 1.87. The molecule has 2 N–H and O–H groups in total. The molecule has 148 valence electrons. The maximum atomic E-state index is 11.5. The Bertz CT molecular complexity index is 507. The molecule has 0 unspecified atom stereocenters. The Balaban J connectivity index is 0.00000196. The van der Waals surface area contributed by atoms with Gasteiger partial charge in [-0.1, -0.05) is 0 Å². The number of rotatable bonds is 3. The number of nitrogens with zero attached hydrogens (tertiary/aromatic N) is 2. The van der Waals surface area contributed by atoms with Crippen molar-refractivity contribution in [2.75, 3.05) is 26.7 Å². The van der Waals surface area contributed by atoms with Crippen LogP contribution in [0.2, 0.25) is 0 Å². The Labute approximate surface area is 175 Å². The number of piperidine rings is 1. The van der Waals surface area contributed by atoms with Gasteiger partial charge in [0.1, 0.15) is 0 Å². The van der Waals surface area contributed by atoms with Gasteiger partial charge in [-0.05, 0) is 74.5 Å². The highest BCUT2D eigenvalue weighted by Crippen LogP contribution is 2.59. The lowest BCUT2D eigenvalue weighted by Gasteiger charge is -2.57. The van der Waals surface area contributed by atoms with Crippen molar-refractivity contribution in [2.24, 2.45) is 28.2 Å². The molecular formula is C20H35IN4O. The van der Waals surface area contributed by atoms with Gasteiger partial charge in [-0.3, -0.25) is 9.79 Å². The van der Waals surface area contributed by atoms with Gasteiger partial charge in [-0.25, -0.2) is 0 Å². The minimum Gasteiger partial charge on any atom is -0.356 e. The molecule has 5 rings (SSSR count). The van der Waals surface area contributed by atoms with Crippen LogP contribution in [-0.4, -0.2) is 49.5 Å². The number of nitrogens with one attached hydrogen (secondary N) is 2. The lowest BCUT2D eigenvalue weighted by atomic mass is 9.49. The Morgan fingerprint density at radius 1 is 1.08 bits per heavy atom. The SMILES string of the molecule is CN=C(NCC12CC3CC(CC(C3)C1)C2)NC1CCN(C(C)=O)CC1.I. The van der Waals surface area contributed by atoms with Gasteiger partial charge in [-0.2, -0.15) is 0 Å². The highest BCUT2D eigenvalue weighted by molar-refractivity contribution is 14.0. The van der Waals surface area contributed by atoms with E-state index in [0.717, 1.165) is 56.2 Å². The van der Waals surface area contributed by atoms with Crippen LogP contribution >= 0.6 is 24.0 Å². The topological polar surface area (TPSA) is 56.7 Å². The number of aliphatic imine (C=N–C) groups is 1. The van der Waals surface area contributed by atoms with Crippen LogP contribution in [0.4, 0.5) is 0 Å². The van der Waals surface area contributed by atoms with Crippen molar-refractivity contribution in [1.29, 1.82) is 0 Å². The van der Waals surface area contributed by atoms with Gasteiger partial charge in [0.05, 0.1) is 0 Å². The number of guanidine groups is 1. The van der Waals surface area contributed by atoms with Crippen molar-refractivity contribution in [3.8, 4) is 0 Å². The van der Waals surface area contributed by atoms with E-state index in [0.29, 0.717) is 11.5 Å². The molecule has 6 heteroatoms. The first-order valence-corrected chi connectivity index (χ1v) is 10.3. The number of halogens is 1. The van der Waals surface area contributed by atoms with E-state index >= 15 is 0 Å². The van der Waals surface area contributed by atoms with Crippen LogP contribution in [0.25, 0.3) is 0 Å². The zero-order valence-electron chi connectivity index (χ0n) is 16.3. The standard InChI is InChI=1S/C20H34N4O.HI/c1-14(25)24-5-3-18(4-6-24)23-19(21-2)22-13-20-10-15-7-16(11-20)9-17(8-15)12-20;/h15-18H,3-13H2,1-2H3,(H2,21,22,23);1H. The van der Waals surface area contributed by atoms with Gasteiger partial charge in [0.2, 0.25) is 5.91 Å².